The van der Waals surface area contributed by atoms with E-state index >= 15 is 0 Å². The SMILES string of the molecule is CCN(CCCN(C)C)C(=O)CC1(N)CCCCC1. The summed E-state index contributed by atoms with van der Waals surface area (Å²) in [5.74, 6) is 0.241. The topological polar surface area (TPSA) is 49.6 Å². The van der Waals surface area contributed by atoms with Crippen LogP contribution in [-0.4, -0.2) is 55.0 Å². The van der Waals surface area contributed by atoms with Gasteiger partial charge in [0.25, 0.3) is 0 Å². The van der Waals surface area contributed by atoms with Gasteiger partial charge in [-0.2, -0.15) is 0 Å². The van der Waals surface area contributed by atoms with Crippen molar-refractivity contribution in [3.8, 4) is 0 Å². The quantitative estimate of drug-likeness (QED) is 0.767. The van der Waals surface area contributed by atoms with Crippen molar-refractivity contribution in [2.24, 2.45) is 5.73 Å². The fourth-order valence-electron chi connectivity index (χ4n) is 2.88. The van der Waals surface area contributed by atoms with Gasteiger partial charge in [-0.25, -0.2) is 0 Å². The molecule has 0 bridgehead atoms. The van der Waals surface area contributed by atoms with Crippen molar-refractivity contribution >= 4 is 5.91 Å². The predicted octanol–water partition coefficient (Wildman–Crippen LogP) is 1.84. The Bertz CT molecular complexity index is 273. The lowest BCUT2D eigenvalue weighted by atomic mass is 9.80. The van der Waals surface area contributed by atoms with Gasteiger partial charge in [0.1, 0.15) is 0 Å². The van der Waals surface area contributed by atoms with Gasteiger partial charge in [-0.3, -0.25) is 4.79 Å². The zero-order valence-corrected chi connectivity index (χ0v) is 13.0. The van der Waals surface area contributed by atoms with E-state index < -0.39 is 0 Å². The van der Waals surface area contributed by atoms with Crippen molar-refractivity contribution in [1.82, 2.24) is 9.80 Å². The van der Waals surface area contributed by atoms with Crippen LogP contribution in [0.25, 0.3) is 0 Å². The average Bonchev–Trinajstić information content (AvgIpc) is 2.34. The maximum Gasteiger partial charge on any atom is 0.224 e. The Hall–Kier alpha value is -0.610. The molecule has 0 saturated heterocycles. The van der Waals surface area contributed by atoms with Crippen LogP contribution in [0.3, 0.4) is 0 Å². The van der Waals surface area contributed by atoms with Gasteiger partial charge >= 0.3 is 0 Å². The Kier molecular flexibility index (Phi) is 6.80. The Balaban J connectivity index is 2.39. The third kappa shape index (κ3) is 5.91. The normalized spacial score (nSPS) is 18.6. The van der Waals surface area contributed by atoms with E-state index in [2.05, 4.69) is 25.9 Å². The van der Waals surface area contributed by atoms with Crippen molar-refractivity contribution in [1.29, 1.82) is 0 Å². The second kappa shape index (κ2) is 7.85. The van der Waals surface area contributed by atoms with Crippen LogP contribution in [0.5, 0.6) is 0 Å². The Morgan fingerprint density at radius 3 is 2.32 bits per heavy atom. The first-order chi connectivity index (χ1) is 8.97. The summed E-state index contributed by atoms with van der Waals surface area (Å²) in [7, 11) is 4.13. The molecule has 1 amide bonds. The molecular formula is C15H31N3O. The van der Waals surface area contributed by atoms with Crippen LogP contribution in [0, 0.1) is 0 Å². The minimum Gasteiger partial charge on any atom is -0.343 e. The number of carbonyl (C=O) groups is 1. The van der Waals surface area contributed by atoms with Crippen LogP contribution in [0.1, 0.15) is 51.9 Å². The summed E-state index contributed by atoms with van der Waals surface area (Å²) in [4.78, 5) is 16.5. The molecule has 19 heavy (non-hydrogen) atoms. The lowest BCUT2D eigenvalue weighted by Gasteiger charge is -2.34. The van der Waals surface area contributed by atoms with Gasteiger partial charge in [0, 0.05) is 25.0 Å². The molecule has 1 fully saturated rings. The number of nitrogens with two attached hydrogens (primary N) is 1. The van der Waals surface area contributed by atoms with Crippen LogP contribution in [0.4, 0.5) is 0 Å². The zero-order valence-electron chi connectivity index (χ0n) is 13.0. The third-order valence-electron chi connectivity index (χ3n) is 4.12. The van der Waals surface area contributed by atoms with E-state index in [1.165, 1.54) is 19.3 Å². The van der Waals surface area contributed by atoms with Crippen LogP contribution in [0.15, 0.2) is 0 Å². The monoisotopic (exact) mass is 269 g/mol. The van der Waals surface area contributed by atoms with Crippen LogP contribution in [0.2, 0.25) is 0 Å². The number of hydrogen-bond donors (Lipinski definition) is 1. The molecule has 1 rings (SSSR count). The van der Waals surface area contributed by atoms with Crippen molar-refractivity contribution in [3.05, 3.63) is 0 Å². The molecule has 1 aliphatic carbocycles. The molecule has 0 radical (unpaired) electrons. The van der Waals surface area contributed by atoms with E-state index in [-0.39, 0.29) is 11.4 Å². The van der Waals surface area contributed by atoms with Crippen LogP contribution in [-0.2, 0) is 4.79 Å². The summed E-state index contributed by atoms with van der Waals surface area (Å²) in [6.07, 6.45) is 7.20. The second-order valence-corrected chi connectivity index (χ2v) is 6.23. The van der Waals surface area contributed by atoms with Gasteiger partial charge in [0.15, 0.2) is 0 Å². The maximum atomic E-state index is 12.4. The predicted molar refractivity (Wildman–Crippen MR) is 80.0 cm³/mol. The molecule has 0 heterocycles. The number of hydrogen-bond acceptors (Lipinski definition) is 3. The molecule has 4 heteroatoms. The van der Waals surface area contributed by atoms with Gasteiger partial charge in [0.2, 0.25) is 5.91 Å². The molecule has 0 spiro atoms. The molecule has 0 aromatic heterocycles. The Labute approximate surface area is 118 Å². The first-order valence-electron chi connectivity index (χ1n) is 7.68. The lowest BCUT2D eigenvalue weighted by molar-refractivity contribution is -0.132. The van der Waals surface area contributed by atoms with E-state index in [4.69, 9.17) is 5.73 Å². The summed E-state index contributed by atoms with van der Waals surface area (Å²) >= 11 is 0. The standard InChI is InChI=1S/C15H31N3O/c1-4-18(12-8-11-17(2)3)14(19)13-15(16)9-6-5-7-10-15/h4-13,16H2,1-3H3. The molecule has 4 nitrogen and oxygen atoms in total. The smallest absolute Gasteiger partial charge is 0.224 e. The fraction of sp³-hybridized carbons (Fsp3) is 0.933. The second-order valence-electron chi connectivity index (χ2n) is 6.23. The van der Waals surface area contributed by atoms with E-state index in [0.717, 1.165) is 38.9 Å². The summed E-state index contributed by atoms with van der Waals surface area (Å²) in [6, 6.07) is 0. The highest BCUT2D eigenvalue weighted by Crippen LogP contribution is 2.29. The molecule has 2 N–H and O–H groups in total. The largest absolute Gasteiger partial charge is 0.343 e. The molecule has 1 aliphatic rings. The van der Waals surface area contributed by atoms with E-state index in [1.54, 1.807) is 0 Å². The average molecular weight is 269 g/mol. The van der Waals surface area contributed by atoms with E-state index in [9.17, 15) is 4.79 Å². The molecule has 0 unspecified atom stereocenters. The minimum absolute atomic E-state index is 0.232. The lowest BCUT2D eigenvalue weighted by Crippen LogP contribution is -2.47. The number of carbonyl (C=O) groups excluding carboxylic acids is 1. The van der Waals surface area contributed by atoms with Gasteiger partial charge in [-0.15, -0.1) is 0 Å². The van der Waals surface area contributed by atoms with Crippen molar-refractivity contribution < 1.29 is 4.79 Å². The number of amides is 1. The van der Waals surface area contributed by atoms with Gasteiger partial charge in [-0.1, -0.05) is 19.3 Å². The first kappa shape index (κ1) is 16.4. The third-order valence-corrected chi connectivity index (χ3v) is 4.12. The summed E-state index contributed by atoms with van der Waals surface area (Å²) in [6.45, 7) is 4.72. The summed E-state index contributed by atoms with van der Waals surface area (Å²) in [5, 5.41) is 0. The van der Waals surface area contributed by atoms with Gasteiger partial charge in [0.05, 0.1) is 0 Å². The Morgan fingerprint density at radius 2 is 1.79 bits per heavy atom. The molecule has 0 aliphatic heterocycles. The minimum atomic E-state index is -0.232. The fourth-order valence-corrected chi connectivity index (χ4v) is 2.88. The maximum absolute atomic E-state index is 12.4. The van der Waals surface area contributed by atoms with Crippen LogP contribution >= 0.6 is 0 Å². The van der Waals surface area contributed by atoms with Crippen LogP contribution < -0.4 is 5.73 Å². The summed E-state index contributed by atoms with van der Waals surface area (Å²) in [5.41, 5.74) is 6.14. The molecule has 0 aromatic rings. The number of nitrogens with zero attached hydrogens (tertiary/aromatic N) is 2. The van der Waals surface area contributed by atoms with Crippen molar-refractivity contribution in [2.45, 2.75) is 57.4 Å². The van der Waals surface area contributed by atoms with E-state index in [0.29, 0.717) is 6.42 Å². The van der Waals surface area contributed by atoms with Crippen molar-refractivity contribution in [2.75, 3.05) is 33.7 Å². The first-order valence-corrected chi connectivity index (χ1v) is 7.68. The highest BCUT2D eigenvalue weighted by atomic mass is 16.2. The highest BCUT2D eigenvalue weighted by Gasteiger charge is 2.31. The van der Waals surface area contributed by atoms with Gasteiger partial charge in [-0.05, 0) is 46.8 Å². The molecular weight excluding hydrogens is 238 g/mol. The summed E-state index contributed by atoms with van der Waals surface area (Å²) < 4.78 is 0. The highest BCUT2D eigenvalue weighted by molar-refractivity contribution is 5.77. The zero-order chi connectivity index (χ0) is 14.3. The Morgan fingerprint density at radius 1 is 1.16 bits per heavy atom. The molecule has 1 saturated carbocycles. The van der Waals surface area contributed by atoms with E-state index in [1.807, 2.05) is 4.90 Å². The molecule has 0 atom stereocenters. The number of rotatable bonds is 7. The van der Waals surface area contributed by atoms with Crippen molar-refractivity contribution in [3.63, 3.8) is 0 Å². The van der Waals surface area contributed by atoms with Gasteiger partial charge < -0.3 is 15.5 Å². The molecule has 112 valence electrons. The molecule has 0 aromatic carbocycles.